The lowest BCUT2D eigenvalue weighted by Crippen LogP contribution is -2.33. The highest BCUT2D eigenvalue weighted by Gasteiger charge is 2.31. The molecule has 2 amide bonds. The van der Waals surface area contributed by atoms with Crippen molar-refractivity contribution in [1.82, 2.24) is 10.2 Å². The number of aliphatic carboxylic acids is 1. The van der Waals surface area contributed by atoms with Crippen LogP contribution in [0.3, 0.4) is 0 Å². The zero-order chi connectivity index (χ0) is 18.5. The van der Waals surface area contributed by atoms with Gasteiger partial charge < -0.3 is 15.3 Å². The van der Waals surface area contributed by atoms with Gasteiger partial charge in [0.2, 0.25) is 5.91 Å². The van der Waals surface area contributed by atoms with Gasteiger partial charge in [0.15, 0.2) is 0 Å². The van der Waals surface area contributed by atoms with Crippen molar-refractivity contribution < 1.29 is 19.5 Å². The van der Waals surface area contributed by atoms with E-state index in [2.05, 4.69) is 5.32 Å². The highest BCUT2D eigenvalue weighted by atomic mass is 32.2. The normalized spacial score (nSPS) is 22.4. The van der Waals surface area contributed by atoms with Crippen LogP contribution >= 0.6 is 11.8 Å². The molecule has 26 heavy (non-hydrogen) atoms. The number of benzene rings is 1. The zero-order valence-electron chi connectivity index (χ0n) is 14.6. The van der Waals surface area contributed by atoms with Crippen molar-refractivity contribution in [3.05, 3.63) is 29.8 Å². The molecular weight excluding hydrogens is 352 g/mol. The molecule has 1 aliphatic carbocycles. The molecule has 0 aromatic heterocycles. The average Bonchev–Trinajstić information content (AvgIpc) is 3.31. The maximum absolute atomic E-state index is 12.6. The first-order valence-corrected chi connectivity index (χ1v) is 10.1. The van der Waals surface area contributed by atoms with Crippen LogP contribution in [0.1, 0.15) is 42.5 Å². The number of nitrogens with one attached hydrogen (secondary N) is 1. The third kappa shape index (κ3) is 4.58. The highest BCUT2D eigenvalue weighted by Crippen LogP contribution is 2.27. The molecule has 1 saturated carbocycles. The third-order valence-electron chi connectivity index (χ3n) is 5.06. The van der Waals surface area contributed by atoms with Crippen molar-refractivity contribution in [2.24, 2.45) is 5.92 Å². The van der Waals surface area contributed by atoms with Crippen molar-refractivity contribution in [3.8, 4) is 0 Å². The van der Waals surface area contributed by atoms with Crippen LogP contribution in [0.2, 0.25) is 0 Å². The molecule has 0 radical (unpaired) electrons. The summed E-state index contributed by atoms with van der Waals surface area (Å²) < 4.78 is 0. The quantitative estimate of drug-likeness (QED) is 0.745. The van der Waals surface area contributed by atoms with Crippen molar-refractivity contribution in [3.63, 3.8) is 0 Å². The molecule has 6 nitrogen and oxygen atoms in total. The van der Waals surface area contributed by atoms with Crippen LogP contribution in [-0.2, 0) is 9.59 Å². The SMILES string of the molecule is O=C(N[C@H]1CC[C@@H](C(=O)O)C1)c1ccccc1SCC(=O)N1CCCC1. The Kier molecular flexibility index (Phi) is 6.19. The van der Waals surface area contributed by atoms with Gasteiger partial charge >= 0.3 is 5.97 Å². The summed E-state index contributed by atoms with van der Waals surface area (Å²) in [5, 5.41) is 12.0. The summed E-state index contributed by atoms with van der Waals surface area (Å²) in [7, 11) is 0. The summed E-state index contributed by atoms with van der Waals surface area (Å²) in [6.45, 7) is 1.65. The predicted octanol–water partition coefficient (Wildman–Crippen LogP) is 2.38. The van der Waals surface area contributed by atoms with Crippen molar-refractivity contribution in [2.45, 2.75) is 43.0 Å². The van der Waals surface area contributed by atoms with Gasteiger partial charge in [0.1, 0.15) is 0 Å². The molecule has 7 heteroatoms. The van der Waals surface area contributed by atoms with Crippen molar-refractivity contribution in [2.75, 3.05) is 18.8 Å². The molecule has 0 bridgehead atoms. The molecule has 1 saturated heterocycles. The Bertz CT molecular complexity index is 688. The summed E-state index contributed by atoms with van der Waals surface area (Å²) in [6.07, 6.45) is 3.89. The molecule has 2 atom stereocenters. The molecular formula is C19H24N2O4S. The second-order valence-electron chi connectivity index (χ2n) is 6.89. The van der Waals surface area contributed by atoms with Gasteiger partial charge in [-0.05, 0) is 44.2 Å². The molecule has 0 unspecified atom stereocenters. The first-order chi connectivity index (χ1) is 12.5. The van der Waals surface area contributed by atoms with Crippen molar-refractivity contribution in [1.29, 1.82) is 0 Å². The van der Waals surface area contributed by atoms with E-state index in [1.54, 1.807) is 12.1 Å². The minimum absolute atomic E-state index is 0.104. The number of carboxylic acids is 1. The number of hydrogen-bond acceptors (Lipinski definition) is 4. The zero-order valence-corrected chi connectivity index (χ0v) is 15.5. The predicted molar refractivity (Wildman–Crippen MR) is 99.2 cm³/mol. The monoisotopic (exact) mass is 376 g/mol. The summed E-state index contributed by atoms with van der Waals surface area (Å²) in [4.78, 5) is 38.6. The molecule has 2 aliphatic rings. The van der Waals surface area contributed by atoms with Crippen LogP contribution in [0.5, 0.6) is 0 Å². The molecule has 2 N–H and O–H groups in total. The van der Waals surface area contributed by atoms with Crippen LogP contribution in [0.15, 0.2) is 29.2 Å². The average molecular weight is 376 g/mol. The van der Waals surface area contributed by atoms with E-state index < -0.39 is 5.97 Å². The van der Waals surface area contributed by atoms with Gasteiger partial charge in [-0.3, -0.25) is 14.4 Å². The smallest absolute Gasteiger partial charge is 0.306 e. The lowest BCUT2D eigenvalue weighted by Gasteiger charge is -2.16. The number of thioether (sulfide) groups is 1. The van der Waals surface area contributed by atoms with Crippen LogP contribution in [-0.4, -0.2) is 52.7 Å². The van der Waals surface area contributed by atoms with Crippen LogP contribution in [0.4, 0.5) is 0 Å². The fourth-order valence-corrected chi connectivity index (χ4v) is 4.53. The maximum atomic E-state index is 12.6. The van der Waals surface area contributed by atoms with Gasteiger partial charge in [-0.25, -0.2) is 0 Å². The molecule has 1 aromatic carbocycles. The van der Waals surface area contributed by atoms with Gasteiger partial charge in [-0.15, -0.1) is 11.8 Å². The molecule has 1 heterocycles. The van der Waals surface area contributed by atoms with Crippen LogP contribution in [0, 0.1) is 5.92 Å². The van der Waals surface area contributed by atoms with Crippen LogP contribution in [0.25, 0.3) is 0 Å². The minimum Gasteiger partial charge on any atom is -0.481 e. The number of nitrogens with zero attached hydrogens (tertiary/aromatic N) is 1. The van der Waals surface area contributed by atoms with Gasteiger partial charge in [0.25, 0.3) is 5.91 Å². The summed E-state index contributed by atoms with van der Waals surface area (Å²) in [5.74, 6) is -0.920. The second-order valence-corrected chi connectivity index (χ2v) is 7.91. The van der Waals surface area contributed by atoms with E-state index in [0.29, 0.717) is 30.6 Å². The van der Waals surface area contributed by atoms with Gasteiger partial charge in [0.05, 0.1) is 17.2 Å². The number of rotatable bonds is 6. The van der Waals surface area contributed by atoms with E-state index in [4.69, 9.17) is 5.11 Å². The Hall–Kier alpha value is -2.02. The Morgan fingerprint density at radius 3 is 2.58 bits per heavy atom. The maximum Gasteiger partial charge on any atom is 0.306 e. The first kappa shape index (κ1) is 18.8. The largest absolute Gasteiger partial charge is 0.481 e. The number of carbonyl (C=O) groups excluding carboxylic acids is 2. The standard InChI is InChI=1S/C19H24N2O4S/c22-17(21-9-3-4-10-21)12-26-16-6-2-1-5-15(16)18(23)20-14-8-7-13(11-14)19(24)25/h1-2,5-6,13-14H,3-4,7-12H2,(H,20,23)(H,24,25)/t13-,14+/m1/s1. The van der Waals surface area contributed by atoms with E-state index >= 15 is 0 Å². The molecule has 2 fully saturated rings. The fourth-order valence-electron chi connectivity index (χ4n) is 3.58. The summed E-state index contributed by atoms with van der Waals surface area (Å²) in [5.41, 5.74) is 0.547. The summed E-state index contributed by atoms with van der Waals surface area (Å²) in [6, 6.07) is 7.16. The Morgan fingerprint density at radius 2 is 1.88 bits per heavy atom. The minimum atomic E-state index is -0.793. The van der Waals surface area contributed by atoms with Gasteiger partial charge in [-0.1, -0.05) is 12.1 Å². The van der Waals surface area contributed by atoms with Crippen LogP contribution < -0.4 is 5.32 Å². The number of amides is 2. The second kappa shape index (κ2) is 8.58. The number of carbonyl (C=O) groups is 3. The van der Waals surface area contributed by atoms with Gasteiger partial charge in [-0.2, -0.15) is 0 Å². The van der Waals surface area contributed by atoms with Crippen molar-refractivity contribution >= 4 is 29.5 Å². The number of carboxylic acid groups (broad SMARTS) is 1. The van der Waals surface area contributed by atoms with E-state index in [-0.39, 0.29) is 23.8 Å². The molecule has 0 spiro atoms. The summed E-state index contributed by atoms with van der Waals surface area (Å²) >= 11 is 1.39. The lowest BCUT2D eigenvalue weighted by atomic mass is 10.1. The van der Waals surface area contributed by atoms with E-state index in [9.17, 15) is 14.4 Å². The third-order valence-corrected chi connectivity index (χ3v) is 6.12. The lowest BCUT2D eigenvalue weighted by molar-refractivity contribution is -0.141. The molecule has 1 aliphatic heterocycles. The highest BCUT2D eigenvalue weighted by molar-refractivity contribution is 8.00. The molecule has 140 valence electrons. The topological polar surface area (TPSA) is 86.7 Å². The molecule has 1 aromatic rings. The van der Waals surface area contributed by atoms with E-state index in [1.165, 1.54) is 11.8 Å². The Labute approximate surface area is 157 Å². The van der Waals surface area contributed by atoms with E-state index in [0.717, 1.165) is 30.8 Å². The number of likely N-dealkylation sites (tertiary alicyclic amines) is 1. The first-order valence-electron chi connectivity index (χ1n) is 9.08. The number of hydrogen-bond donors (Lipinski definition) is 2. The van der Waals surface area contributed by atoms with Gasteiger partial charge in [0, 0.05) is 24.0 Å². The Morgan fingerprint density at radius 1 is 1.15 bits per heavy atom. The Balaban J connectivity index is 1.58. The fraction of sp³-hybridized carbons (Fsp3) is 0.526. The van der Waals surface area contributed by atoms with E-state index in [1.807, 2.05) is 17.0 Å². The molecule has 3 rings (SSSR count).